The topological polar surface area (TPSA) is 165 Å². The second kappa shape index (κ2) is 11.7. The fraction of sp³-hybridized carbons (Fsp3) is 0.500. The van der Waals surface area contributed by atoms with Gasteiger partial charge in [-0.25, -0.2) is 18.4 Å². The predicted octanol–water partition coefficient (Wildman–Crippen LogP) is 1.96. The summed E-state index contributed by atoms with van der Waals surface area (Å²) in [6, 6.07) is 0. The highest BCUT2D eigenvalue weighted by Crippen LogP contribution is 2.33. The van der Waals surface area contributed by atoms with Gasteiger partial charge in [0.25, 0.3) is 0 Å². The fourth-order valence-corrected chi connectivity index (χ4v) is 4.38. The van der Waals surface area contributed by atoms with Gasteiger partial charge in [0, 0.05) is 19.5 Å². The van der Waals surface area contributed by atoms with Crippen molar-refractivity contribution in [1.29, 1.82) is 0 Å². The maximum Gasteiger partial charge on any atom is 0.245 e. The molecule has 2 atom stereocenters. The maximum atomic E-state index is 13.4. The number of hydrogen-bond donors (Lipinski definition) is 1. The monoisotopic (exact) mass is 542 g/mol. The van der Waals surface area contributed by atoms with Crippen LogP contribution in [-0.4, -0.2) is 75.8 Å². The molecule has 16 heteroatoms. The number of hydrogen-bond acceptors (Lipinski definition) is 12. The number of nitrogens with zero attached hydrogens (tertiary/aromatic N) is 7. The molecule has 0 amide bonds. The lowest BCUT2D eigenvalue weighted by molar-refractivity contribution is 0.0603. The van der Waals surface area contributed by atoms with Crippen molar-refractivity contribution < 1.29 is 27.4 Å². The Kier molecular flexibility index (Phi) is 8.94. The van der Waals surface area contributed by atoms with Gasteiger partial charge in [0.15, 0.2) is 17.3 Å². The van der Waals surface area contributed by atoms with Gasteiger partial charge >= 0.3 is 0 Å². The van der Waals surface area contributed by atoms with E-state index in [1.165, 1.54) is 51.5 Å². The molecular formula is C20H27ClN8O6S. The molecule has 1 N–H and O–H groups in total. The third-order valence-electron chi connectivity index (χ3n) is 4.94. The van der Waals surface area contributed by atoms with Gasteiger partial charge in [0.2, 0.25) is 27.7 Å². The van der Waals surface area contributed by atoms with E-state index in [1.54, 1.807) is 0 Å². The molecule has 2 unspecified atom stereocenters. The van der Waals surface area contributed by atoms with Gasteiger partial charge in [-0.05, 0) is 20.8 Å². The molecule has 0 spiro atoms. The van der Waals surface area contributed by atoms with Gasteiger partial charge in [-0.15, -0.1) is 10.2 Å². The van der Waals surface area contributed by atoms with Crippen LogP contribution in [0.3, 0.4) is 0 Å². The summed E-state index contributed by atoms with van der Waals surface area (Å²) in [5.41, 5.74) is 0.185. The number of ether oxygens (including phenoxy) is 4. The molecule has 0 aliphatic heterocycles. The molecule has 14 nitrogen and oxygen atoms in total. The molecule has 3 rings (SSSR count). The summed E-state index contributed by atoms with van der Waals surface area (Å²) in [6.45, 7) is 5.15. The summed E-state index contributed by atoms with van der Waals surface area (Å²) in [7, 11) is 0.0194. The predicted molar refractivity (Wildman–Crippen MR) is 129 cm³/mol. The van der Waals surface area contributed by atoms with Crippen LogP contribution in [0, 0.1) is 0 Å². The van der Waals surface area contributed by atoms with Crippen molar-refractivity contribution >= 4 is 27.6 Å². The first kappa shape index (κ1) is 27.4. The van der Waals surface area contributed by atoms with Crippen molar-refractivity contribution in [2.24, 2.45) is 0 Å². The lowest BCUT2D eigenvalue weighted by atomic mass is 10.2. The first-order chi connectivity index (χ1) is 17.1. The van der Waals surface area contributed by atoms with Crippen LogP contribution in [0.15, 0.2) is 18.7 Å². The molecule has 36 heavy (non-hydrogen) atoms. The van der Waals surface area contributed by atoms with E-state index in [1.807, 2.05) is 13.8 Å². The summed E-state index contributed by atoms with van der Waals surface area (Å²) in [5.74, 6) is 0.440. The van der Waals surface area contributed by atoms with Crippen LogP contribution >= 0.6 is 11.6 Å². The van der Waals surface area contributed by atoms with Crippen molar-refractivity contribution in [3.8, 4) is 17.4 Å². The number of sulfonamides is 1. The maximum absolute atomic E-state index is 13.4. The van der Waals surface area contributed by atoms with Crippen LogP contribution in [-0.2, 0) is 26.1 Å². The molecule has 0 saturated carbocycles. The zero-order valence-corrected chi connectivity index (χ0v) is 22.1. The number of aromatic nitrogens is 7. The number of anilines is 1. The third kappa shape index (κ3) is 5.98. The molecule has 3 aromatic rings. The zero-order valence-electron chi connectivity index (χ0n) is 20.5. The summed E-state index contributed by atoms with van der Waals surface area (Å²) >= 11 is 5.85. The fourth-order valence-electron chi connectivity index (χ4n) is 3.15. The van der Waals surface area contributed by atoms with E-state index < -0.39 is 21.4 Å². The quantitative estimate of drug-likeness (QED) is 0.354. The molecule has 0 radical (unpaired) electrons. The Bertz CT molecular complexity index is 1250. The minimum absolute atomic E-state index is 0.00244. The van der Waals surface area contributed by atoms with E-state index in [0.717, 1.165) is 0 Å². The number of methoxy groups -OCH3 is 3. The first-order valence-electron chi connectivity index (χ1n) is 10.6. The van der Waals surface area contributed by atoms with E-state index in [9.17, 15) is 8.42 Å². The summed E-state index contributed by atoms with van der Waals surface area (Å²) < 4.78 is 52.5. The molecule has 0 aliphatic rings. The van der Waals surface area contributed by atoms with Crippen LogP contribution in [0.2, 0.25) is 5.02 Å². The number of nitrogens with one attached hydrogen (secondary N) is 1. The summed E-state index contributed by atoms with van der Waals surface area (Å²) in [5, 5.41) is 7.31. The minimum atomic E-state index is -4.15. The Morgan fingerprint density at radius 2 is 1.61 bits per heavy atom. The molecule has 0 bridgehead atoms. The van der Waals surface area contributed by atoms with E-state index in [4.69, 9.17) is 30.5 Å². The lowest BCUT2D eigenvalue weighted by Gasteiger charge is -2.22. The Labute approximate surface area is 213 Å². The zero-order chi connectivity index (χ0) is 26.5. The molecule has 196 valence electrons. The summed E-state index contributed by atoms with van der Waals surface area (Å²) in [6.07, 6.45) is 2.82. The van der Waals surface area contributed by atoms with Crippen LogP contribution < -0.4 is 14.2 Å². The Morgan fingerprint density at radius 1 is 1.00 bits per heavy atom. The number of halogens is 1. The molecule has 0 aromatic carbocycles. The third-order valence-corrected chi connectivity index (χ3v) is 6.83. The Hall–Kier alpha value is -3.14. The molecule has 3 heterocycles. The highest BCUT2D eigenvalue weighted by molar-refractivity contribution is 7.93. The van der Waals surface area contributed by atoms with Crippen LogP contribution in [0.4, 0.5) is 5.95 Å². The SMILES string of the molecule is COc1ncnc(OC)c1-n1c(COC(C)C)nnc1NS(=O)(=O)C(C)C(OC)c1ncc(Cl)cn1. The van der Waals surface area contributed by atoms with Crippen molar-refractivity contribution in [3.05, 3.63) is 35.4 Å². The lowest BCUT2D eigenvalue weighted by Crippen LogP contribution is -2.33. The van der Waals surface area contributed by atoms with Gasteiger partial charge in [-0.1, -0.05) is 11.6 Å². The van der Waals surface area contributed by atoms with E-state index >= 15 is 0 Å². The van der Waals surface area contributed by atoms with Crippen LogP contribution in [0.25, 0.3) is 5.69 Å². The summed E-state index contributed by atoms with van der Waals surface area (Å²) in [4.78, 5) is 16.4. The molecule has 0 fully saturated rings. The second-order valence-electron chi connectivity index (χ2n) is 7.64. The van der Waals surface area contributed by atoms with Crippen molar-refractivity contribution in [1.82, 2.24) is 34.7 Å². The van der Waals surface area contributed by atoms with Crippen molar-refractivity contribution in [2.75, 3.05) is 26.1 Å². The van der Waals surface area contributed by atoms with Crippen LogP contribution in [0.1, 0.15) is 38.5 Å². The highest BCUT2D eigenvalue weighted by Gasteiger charge is 2.35. The minimum Gasteiger partial charge on any atom is -0.479 e. The van der Waals surface area contributed by atoms with Gasteiger partial charge < -0.3 is 18.9 Å². The second-order valence-corrected chi connectivity index (χ2v) is 10.1. The Balaban J connectivity index is 2.06. The molecular weight excluding hydrogens is 516 g/mol. The average molecular weight is 543 g/mol. The Morgan fingerprint density at radius 3 is 2.14 bits per heavy atom. The van der Waals surface area contributed by atoms with Gasteiger partial charge in [-0.2, -0.15) is 9.97 Å². The van der Waals surface area contributed by atoms with Crippen molar-refractivity contribution in [3.63, 3.8) is 0 Å². The van der Waals surface area contributed by atoms with E-state index in [-0.39, 0.29) is 47.8 Å². The largest absolute Gasteiger partial charge is 0.479 e. The highest BCUT2D eigenvalue weighted by atomic mass is 35.5. The van der Waals surface area contributed by atoms with Crippen LogP contribution in [0.5, 0.6) is 11.8 Å². The first-order valence-corrected chi connectivity index (χ1v) is 12.6. The number of rotatable bonds is 12. The normalized spacial score (nSPS) is 13.4. The van der Waals surface area contributed by atoms with Gasteiger partial charge in [0.1, 0.15) is 24.3 Å². The molecule has 3 aromatic heterocycles. The average Bonchev–Trinajstić information content (AvgIpc) is 3.24. The van der Waals surface area contributed by atoms with Crippen molar-refractivity contribution in [2.45, 2.75) is 44.8 Å². The van der Waals surface area contributed by atoms with Gasteiger partial charge in [0.05, 0.1) is 25.3 Å². The van der Waals surface area contributed by atoms with E-state index in [0.29, 0.717) is 5.02 Å². The molecule has 0 aliphatic carbocycles. The standard InChI is InChI=1S/C20H27ClN8O6S/c1-11(2)35-9-14-26-27-20(29(14)15-18(33-5)24-10-25-19(15)34-6)28-36(30,31)12(3)16(32-4)17-22-7-13(21)8-23-17/h7-8,10-12,16H,9H2,1-6H3,(H,27,28). The van der Waals surface area contributed by atoms with Gasteiger partial charge in [-0.3, -0.25) is 9.29 Å². The smallest absolute Gasteiger partial charge is 0.245 e. The molecule has 0 saturated heterocycles. The van der Waals surface area contributed by atoms with E-state index in [2.05, 4.69) is 34.9 Å².